The molecule has 0 N–H and O–H groups in total. The summed E-state index contributed by atoms with van der Waals surface area (Å²) in [4.78, 5) is 13.7. The molecule has 0 amide bonds. The fourth-order valence-electron chi connectivity index (χ4n) is 3.32. The van der Waals surface area contributed by atoms with Crippen molar-refractivity contribution in [3.05, 3.63) is 11.5 Å². The van der Waals surface area contributed by atoms with Gasteiger partial charge in [-0.05, 0) is 53.6 Å². The predicted molar refractivity (Wildman–Crippen MR) is 87.2 cm³/mol. The Labute approximate surface area is 131 Å². The van der Waals surface area contributed by atoms with E-state index in [0.29, 0.717) is 11.8 Å². The molecule has 0 radical (unpaired) electrons. The molecule has 3 heterocycles. The maximum Gasteiger partial charge on any atom is 0.263 e. The number of aromatic nitrogens is 3. The highest BCUT2D eigenvalue weighted by molar-refractivity contribution is 5.88. The quantitative estimate of drug-likeness (QED) is 0.868. The van der Waals surface area contributed by atoms with Gasteiger partial charge >= 0.3 is 0 Å². The molecule has 1 saturated heterocycles. The standard InChI is InChI=1S/C16H25N5O/c1-10-14-15(17-12(3)18-16(14)22-19-10)21-8-6-13(7-9-21)11(2)20(4)5/h11,13H,6-9H2,1-5H3. The van der Waals surface area contributed by atoms with Gasteiger partial charge in [0, 0.05) is 19.1 Å². The zero-order valence-electron chi connectivity index (χ0n) is 14.1. The second kappa shape index (κ2) is 5.83. The first kappa shape index (κ1) is 15.2. The van der Waals surface area contributed by atoms with Crippen molar-refractivity contribution in [3.8, 4) is 0 Å². The Morgan fingerprint density at radius 1 is 1.18 bits per heavy atom. The number of fused-ring (bicyclic) bond motifs is 1. The van der Waals surface area contributed by atoms with Gasteiger partial charge in [0.15, 0.2) is 0 Å². The summed E-state index contributed by atoms with van der Waals surface area (Å²) >= 11 is 0. The van der Waals surface area contributed by atoms with Crippen LogP contribution in [0.2, 0.25) is 0 Å². The summed E-state index contributed by atoms with van der Waals surface area (Å²) in [7, 11) is 4.32. The Morgan fingerprint density at radius 3 is 2.50 bits per heavy atom. The van der Waals surface area contributed by atoms with Crippen LogP contribution in [0.3, 0.4) is 0 Å². The van der Waals surface area contributed by atoms with Crippen molar-refractivity contribution in [3.63, 3.8) is 0 Å². The van der Waals surface area contributed by atoms with Gasteiger partial charge in [-0.1, -0.05) is 5.16 Å². The number of piperidine rings is 1. The molecule has 0 aliphatic carbocycles. The lowest BCUT2D eigenvalue weighted by molar-refractivity contribution is 0.199. The van der Waals surface area contributed by atoms with Gasteiger partial charge < -0.3 is 14.3 Å². The molecular weight excluding hydrogens is 278 g/mol. The molecule has 3 rings (SSSR count). The number of rotatable bonds is 3. The first-order valence-corrected chi connectivity index (χ1v) is 7.99. The molecule has 1 fully saturated rings. The lowest BCUT2D eigenvalue weighted by Crippen LogP contribution is -2.42. The third-order valence-electron chi connectivity index (χ3n) is 4.94. The van der Waals surface area contributed by atoms with Crippen molar-refractivity contribution in [1.82, 2.24) is 20.0 Å². The Kier molecular flexibility index (Phi) is 4.04. The van der Waals surface area contributed by atoms with E-state index in [1.54, 1.807) is 0 Å². The third-order valence-corrected chi connectivity index (χ3v) is 4.94. The van der Waals surface area contributed by atoms with Crippen LogP contribution in [0.25, 0.3) is 11.1 Å². The van der Waals surface area contributed by atoms with Crippen LogP contribution < -0.4 is 4.90 Å². The summed E-state index contributed by atoms with van der Waals surface area (Å²) in [6.07, 6.45) is 2.38. The van der Waals surface area contributed by atoms with Crippen LogP contribution in [-0.2, 0) is 0 Å². The van der Waals surface area contributed by atoms with Crippen LogP contribution >= 0.6 is 0 Å². The fraction of sp³-hybridized carbons (Fsp3) is 0.688. The average Bonchev–Trinajstić information content (AvgIpc) is 2.87. The fourth-order valence-corrected chi connectivity index (χ4v) is 3.32. The van der Waals surface area contributed by atoms with E-state index in [2.05, 4.69) is 45.9 Å². The van der Waals surface area contributed by atoms with Crippen molar-refractivity contribution in [2.45, 2.75) is 39.7 Å². The third kappa shape index (κ3) is 2.67. The molecule has 1 aliphatic heterocycles. The minimum Gasteiger partial charge on any atom is -0.356 e. The van der Waals surface area contributed by atoms with Crippen molar-refractivity contribution in [2.24, 2.45) is 5.92 Å². The van der Waals surface area contributed by atoms with Gasteiger partial charge in [0.1, 0.15) is 17.0 Å². The van der Waals surface area contributed by atoms with Crippen LogP contribution in [0.1, 0.15) is 31.3 Å². The van der Waals surface area contributed by atoms with Crippen molar-refractivity contribution >= 4 is 16.9 Å². The average molecular weight is 303 g/mol. The number of hydrogen-bond donors (Lipinski definition) is 0. The zero-order chi connectivity index (χ0) is 15.9. The molecule has 6 nitrogen and oxygen atoms in total. The molecule has 0 spiro atoms. The Hall–Kier alpha value is -1.69. The van der Waals surface area contributed by atoms with Gasteiger partial charge in [0.05, 0.1) is 5.69 Å². The molecule has 6 heteroatoms. The topological polar surface area (TPSA) is 58.3 Å². The highest BCUT2D eigenvalue weighted by atomic mass is 16.5. The minimum atomic E-state index is 0.601. The number of aryl methyl sites for hydroxylation is 2. The van der Waals surface area contributed by atoms with E-state index in [4.69, 9.17) is 4.52 Å². The highest BCUT2D eigenvalue weighted by Crippen LogP contribution is 2.31. The van der Waals surface area contributed by atoms with E-state index >= 15 is 0 Å². The van der Waals surface area contributed by atoms with Gasteiger partial charge in [-0.3, -0.25) is 0 Å². The van der Waals surface area contributed by atoms with Gasteiger partial charge in [0.2, 0.25) is 0 Å². The smallest absolute Gasteiger partial charge is 0.263 e. The molecule has 0 aromatic carbocycles. The maximum absolute atomic E-state index is 5.32. The molecule has 1 aliphatic rings. The Balaban J connectivity index is 1.83. The van der Waals surface area contributed by atoms with Crippen LogP contribution in [0.4, 0.5) is 5.82 Å². The Bertz CT molecular complexity index is 658. The summed E-state index contributed by atoms with van der Waals surface area (Å²) < 4.78 is 5.32. The molecular formula is C16H25N5O. The van der Waals surface area contributed by atoms with Crippen molar-refractivity contribution < 1.29 is 4.52 Å². The van der Waals surface area contributed by atoms with Crippen LogP contribution in [0, 0.1) is 19.8 Å². The molecule has 0 saturated carbocycles. The lowest BCUT2D eigenvalue weighted by atomic mass is 9.89. The van der Waals surface area contributed by atoms with E-state index in [-0.39, 0.29) is 0 Å². The first-order valence-electron chi connectivity index (χ1n) is 7.99. The second-order valence-electron chi connectivity index (χ2n) is 6.57. The van der Waals surface area contributed by atoms with E-state index in [9.17, 15) is 0 Å². The normalized spacial score (nSPS) is 18.4. The molecule has 1 unspecified atom stereocenters. The van der Waals surface area contributed by atoms with E-state index in [1.807, 2.05) is 13.8 Å². The summed E-state index contributed by atoms with van der Waals surface area (Å²) in [5.74, 6) is 2.47. The number of anilines is 1. The molecule has 120 valence electrons. The summed E-state index contributed by atoms with van der Waals surface area (Å²) in [5, 5.41) is 5.01. The number of nitrogens with zero attached hydrogens (tertiary/aromatic N) is 5. The molecule has 0 bridgehead atoms. The van der Waals surface area contributed by atoms with Gasteiger partial charge in [0.25, 0.3) is 5.71 Å². The predicted octanol–water partition coefficient (Wildman–Crippen LogP) is 2.40. The van der Waals surface area contributed by atoms with Gasteiger partial charge in [-0.2, -0.15) is 4.98 Å². The molecule has 1 atom stereocenters. The molecule has 2 aromatic rings. The first-order chi connectivity index (χ1) is 10.5. The Morgan fingerprint density at radius 2 is 1.86 bits per heavy atom. The van der Waals surface area contributed by atoms with Crippen molar-refractivity contribution in [2.75, 3.05) is 32.1 Å². The molecule has 22 heavy (non-hydrogen) atoms. The highest BCUT2D eigenvalue weighted by Gasteiger charge is 2.27. The maximum atomic E-state index is 5.32. The lowest BCUT2D eigenvalue weighted by Gasteiger charge is -2.37. The van der Waals surface area contributed by atoms with E-state index in [1.165, 1.54) is 12.8 Å². The van der Waals surface area contributed by atoms with Crippen LogP contribution in [0.5, 0.6) is 0 Å². The largest absolute Gasteiger partial charge is 0.356 e. The zero-order valence-corrected chi connectivity index (χ0v) is 14.1. The SMILES string of the molecule is Cc1nc(N2CCC(C(C)N(C)C)CC2)c2c(C)noc2n1. The van der Waals surface area contributed by atoms with E-state index in [0.717, 1.165) is 41.7 Å². The second-order valence-corrected chi connectivity index (χ2v) is 6.57. The van der Waals surface area contributed by atoms with Gasteiger partial charge in [-0.15, -0.1) is 0 Å². The van der Waals surface area contributed by atoms with Crippen LogP contribution in [-0.4, -0.2) is 53.3 Å². The summed E-state index contributed by atoms with van der Waals surface area (Å²) in [6, 6.07) is 0.617. The monoisotopic (exact) mass is 303 g/mol. The minimum absolute atomic E-state index is 0.601. The van der Waals surface area contributed by atoms with Gasteiger partial charge in [-0.25, -0.2) is 4.98 Å². The van der Waals surface area contributed by atoms with Crippen LogP contribution in [0.15, 0.2) is 4.52 Å². The summed E-state index contributed by atoms with van der Waals surface area (Å²) in [6.45, 7) is 8.23. The number of hydrogen-bond acceptors (Lipinski definition) is 6. The molecule has 2 aromatic heterocycles. The van der Waals surface area contributed by atoms with E-state index < -0.39 is 0 Å². The van der Waals surface area contributed by atoms with Crippen molar-refractivity contribution in [1.29, 1.82) is 0 Å². The summed E-state index contributed by atoms with van der Waals surface area (Å²) in [5.41, 5.74) is 1.47.